The van der Waals surface area contributed by atoms with Gasteiger partial charge in [0.25, 0.3) is 0 Å². The van der Waals surface area contributed by atoms with Gasteiger partial charge in [0.1, 0.15) is 0 Å². The van der Waals surface area contributed by atoms with Gasteiger partial charge in [-0.1, -0.05) is 0 Å². The van der Waals surface area contributed by atoms with E-state index in [-0.39, 0.29) is 24.9 Å². The van der Waals surface area contributed by atoms with E-state index in [1.165, 1.54) is 0 Å². The number of hydrogen-bond donors (Lipinski definition) is 2. The van der Waals surface area contributed by atoms with Gasteiger partial charge in [-0.25, -0.2) is 0 Å². The molecule has 0 atom stereocenters. The van der Waals surface area contributed by atoms with Crippen molar-refractivity contribution in [1.82, 2.24) is 0 Å². The zero-order valence-corrected chi connectivity index (χ0v) is 13.2. The molecule has 0 aliphatic carbocycles. The van der Waals surface area contributed by atoms with E-state index in [0.29, 0.717) is 23.8 Å². The second-order valence-corrected chi connectivity index (χ2v) is 4.84. The molecule has 3 N–H and O–H groups in total. The zero-order chi connectivity index (χ0) is 14.5. The molecule has 114 valence electrons. The van der Waals surface area contributed by atoms with Crippen LogP contribution in [0.25, 0.3) is 0 Å². The average Bonchev–Trinajstić information content (AvgIpc) is 2.40. The third kappa shape index (κ3) is 4.58. The lowest BCUT2D eigenvalue weighted by Gasteiger charge is -2.21. The third-order valence-electron chi connectivity index (χ3n) is 2.85. The van der Waals surface area contributed by atoms with Gasteiger partial charge in [-0.2, -0.15) is 0 Å². The highest BCUT2D eigenvalue weighted by Gasteiger charge is 2.25. The van der Waals surface area contributed by atoms with Crippen molar-refractivity contribution in [2.24, 2.45) is 11.1 Å². The highest BCUT2D eigenvalue weighted by Crippen LogP contribution is 2.30. The highest BCUT2D eigenvalue weighted by atomic mass is 35.5. The topological polar surface area (TPSA) is 73.6 Å². The first kappa shape index (κ1) is 18.5. The minimum absolute atomic E-state index is 0. The summed E-state index contributed by atoms with van der Waals surface area (Å²) in [5.74, 6) is 1.12. The Morgan fingerprint density at radius 2 is 2.00 bits per heavy atom. The molecule has 0 saturated heterocycles. The molecule has 0 saturated carbocycles. The first-order valence-electron chi connectivity index (χ1n) is 6.27. The number of methoxy groups -OCH3 is 1. The van der Waals surface area contributed by atoms with Crippen molar-refractivity contribution in [3.8, 4) is 11.5 Å². The van der Waals surface area contributed by atoms with E-state index in [0.717, 1.165) is 0 Å². The number of nitrogens with two attached hydrogens (primary N) is 1. The predicted molar refractivity (Wildman–Crippen MR) is 82.9 cm³/mol. The summed E-state index contributed by atoms with van der Waals surface area (Å²) in [6.45, 7) is 6.34. The summed E-state index contributed by atoms with van der Waals surface area (Å²) in [5, 5.41) is 2.82. The van der Waals surface area contributed by atoms with Crippen LogP contribution in [0, 0.1) is 5.41 Å². The van der Waals surface area contributed by atoms with Crippen molar-refractivity contribution in [3.05, 3.63) is 18.2 Å². The standard InChI is InChI=1S/C14H22N2O3.ClH/c1-5-19-11-7-6-10(8-12(11)18-4)16-13(17)14(2,3)9-15;/h6-8H,5,9,15H2,1-4H3,(H,16,17);1H. The number of hydrogen-bond acceptors (Lipinski definition) is 4. The number of benzene rings is 1. The van der Waals surface area contributed by atoms with E-state index >= 15 is 0 Å². The lowest BCUT2D eigenvalue weighted by molar-refractivity contribution is -0.123. The van der Waals surface area contributed by atoms with Crippen molar-refractivity contribution in [3.63, 3.8) is 0 Å². The molecule has 1 amide bonds. The number of halogens is 1. The van der Waals surface area contributed by atoms with Crippen LogP contribution in [-0.2, 0) is 4.79 Å². The van der Waals surface area contributed by atoms with Crippen molar-refractivity contribution in [2.45, 2.75) is 20.8 Å². The molecule has 0 aromatic heterocycles. The lowest BCUT2D eigenvalue weighted by Crippen LogP contribution is -2.37. The molecule has 1 rings (SSSR count). The minimum Gasteiger partial charge on any atom is -0.493 e. The molecule has 0 fully saturated rings. The van der Waals surface area contributed by atoms with Crippen molar-refractivity contribution >= 4 is 24.0 Å². The van der Waals surface area contributed by atoms with Crippen LogP contribution in [0.3, 0.4) is 0 Å². The fourth-order valence-electron chi connectivity index (χ4n) is 1.41. The van der Waals surface area contributed by atoms with Crippen LogP contribution in [-0.4, -0.2) is 26.2 Å². The third-order valence-corrected chi connectivity index (χ3v) is 2.85. The van der Waals surface area contributed by atoms with Gasteiger partial charge in [0.05, 0.1) is 19.1 Å². The van der Waals surface area contributed by atoms with Gasteiger partial charge in [-0.15, -0.1) is 12.4 Å². The Hall–Kier alpha value is -1.46. The number of nitrogens with one attached hydrogen (secondary N) is 1. The van der Waals surface area contributed by atoms with Crippen LogP contribution in [0.2, 0.25) is 0 Å². The van der Waals surface area contributed by atoms with Crippen LogP contribution >= 0.6 is 12.4 Å². The van der Waals surface area contributed by atoms with Gasteiger partial charge in [-0.05, 0) is 32.9 Å². The van der Waals surface area contributed by atoms with Crippen LogP contribution in [0.15, 0.2) is 18.2 Å². The molecule has 0 unspecified atom stereocenters. The Balaban J connectivity index is 0.00000361. The second-order valence-electron chi connectivity index (χ2n) is 4.84. The normalized spacial score (nSPS) is 10.4. The number of rotatable bonds is 6. The SMILES string of the molecule is CCOc1ccc(NC(=O)C(C)(C)CN)cc1OC.Cl. The molecule has 0 radical (unpaired) electrons. The van der Waals surface area contributed by atoms with Gasteiger partial charge < -0.3 is 20.5 Å². The number of ether oxygens (including phenoxy) is 2. The smallest absolute Gasteiger partial charge is 0.231 e. The molecule has 1 aromatic carbocycles. The van der Waals surface area contributed by atoms with Crippen molar-refractivity contribution < 1.29 is 14.3 Å². The Morgan fingerprint density at radius 1 is 1.35 bits per heavy atom. The number of carbonyl (C=O) groups excluding carboxylic acids is 1. The van der Waals surface area contributed by atoms with Crippen LogP contribution < -0.4 is 20.5 Å². The number of amides is 1. The van der Waals surface area contributed by atoms with Crippen LogP contribution in [0.5, 0.6) is 11.5 Å². The molecule has 0 heterocycles. The molecule has 6 heteroatoms. The van der Waals surface area contributed by atoms with Gasteiger partial charge in [0.2, 0.25) is 5.91 Å². The highest BCUT2D eigenvalue weighted by molar-refractivity contribution is 5.95. The molecular weight excluding hydrogens is 280 g/mol. The fourth-order valence-corrected chi connectivity index (χ4v) is 1.41. The van der Waals surface area contributed by atoms with Gasteiger partial charge in [-0.3, -0.25) is 4.79 Å². The van der Waals surface area contributed by atoms with E-state index in [4.69, 9.17) is 15.2 Å². The monoisotopic (exact) mass is 302 g/mol. The molecule has 1 aromatic rings. The molecule has 0 spiro atoms. The Kier molecular flexibility index (Phi) is 7.39. The maximum absolute atomic E-state index is 12.0. The number of anilines is 1. The summed E-state index contributed by atoms with van der Waals surface area (Å²) in [6.07, 6.45) is 0. The summed E-state index contributed by atoms with van der Waals surface area (Å²) in [4.78, 5) is 12.0. The Bertz CT molecular complexity index is 450. The van der Waals surface area contributed by atoms with Gasteiger partial charge in [0.15, 0.2) is 11.5 Å². The second kappa shape index (κ2) is 7.97. The van der Waals surface area contributed by atoms with Crippen molar-refractivity contribution in [1.29, 1.82) is 0 Å². The van der Waals surface area contributed by atoms with E-state index < -0.39 is 5.41 Å². The Labute approximate surface area is 126 Å². The zero-order valence-electron chi connectivity index (χ0n) is 12.4. The van der Waals surface area contributed by atoms with E-state index in [9.17, 15) is 4.79 Å². The van der Waals surface area contributed by atoms with E-state index in [2.05, 4.69) is 5.32 Å². The summed E-state index contributed by atoms with van der Waals surface area (Å²) in [7, 11) is 1.56. The molecule has 0 aliphatic heterocycles. The van der Waals surface area contributed by atoms with Crippen LogP contribution in [0.1, 0.15) is 20.8 Å². The molecule has 5 nitrogen and oxygen atoms in total. The summed E-state index contributed by atoms with van der Waals surface area (Å²) < 4.78 is 10.6. The van der Waals surface area contributed by atoms with E-state index in [1.807, 2.05) is 6.92 Å². The summed E-state index contributed by atoms with van der Waals surface area (Å²) in [6, 6.07) is 5.28. The van der Waals surface area contributed by atoms with Gasteiger partial charge in [0, 0.05) is 18.3 Å². The Morgan fingerprint density at radius 3 is 2.50 bits per heavy atom. The number of carbonyl (C=O) groups is 1. The van der Waals surface area contributed by atoms with Crippen molar-refractivity contribution in [2.75, 3.05) is 25.6 Å². The quantitative estimate of drug-likeness (QED) is 0.846. The van der Waals surface area contributed by atoms with E-state index in [1.54, 1.807) is 39.2 Å². The summed E-state index contributed by atoms with van der Waals surface area (Å²) >= 11 is 0. The lowest BCUT2D eigenvalue weighted by atomic mass is 9.92. The molecular formula is C14H23ClN2O3. The first-order chi connectivity index (χ1) is 8.94. The molecule has 20 heavy (non-hydrogen) atoms. The minimum atomic E-state index is -0.605. The summed E-state index contributed by atoms with van der Waals surface area (Å²) in [5.41, 5.74) is 5.63. The van der Waals surface area contributed by atoms with Crippen LogP contribution in [0.4, 0.5) is 5.69 Å². The first-order valence-corrected chi connectivity index (χ1v) is 6.27. The maximum Gasteiger partial charge on any atom is 0.231 e. The molecule has 0 aliphatic rings. The maximum atomic E-state index is 12.0. The molecule has 0 bridgehead atoms. The predicted octanol–water partition coefficient (Wildman–Crippen LogP) is 2.44. The fraction of sp³-hybridized carbons (Fsp3) is 0.500. The average molecular weight is 303 g/mol. The van der Waals surface area contributed by atoms with Gasteiger partial charge >= 0.3 is 0 Å². The largest absolute Gasteiger partial charge is 0.493 e.